The lowest BCUT2D eigenvalue weighted by molar-refractivity contribution is -0.568. The van der Waals surface area contributed by atoms with Crippen molar-refractivity contribution in [2.75, 3.05) is 26.7 Å². The monoisotopic (exact) mass is 546 g/mol. The Hall–Kier alpha value is -4.31. The van der Waals surface area contributed by atoms with Gasteiger partial charge in [-0.3, -0.25) is 14.6 Å². The molecular formula is C30H36N5O5+. The fraction of sp³-hybridized carbons (Fsp3) is 0.367. The summed E-state index contributed by atoms with van der Waals surface area (Å²) in [7, 11) is 1.29. The molecule has 4 rings (SSSR count). The summed E-state index contributed by atoms with van der Waals surface area (Å²) in [6, 6.07) is 15.2. The highest BCUT2D eigenvalue weighted by molar-refractivity contribution is 6.08. The van der Waals surface area contributed by atoms with Crippen molar-refractivity contribution in [2.24, 2.45) is 4.99 Å². The summed E-state index contributed by atoms with van der Waals surface area (Å²) in [6.07, 6.45) is 2.15. The normalized spacial score (nSPS) is 12.5. The number of ether oxygens (including phenoxy) is 1. The SMILES string of the molecule is CCN=c1ccc2nc3c(cc([NH2+]CCC(=O)NCCCCC(NC(C)=O)C(=O)OC)c4ccccc43)oc-2c1. The third kappa shape index (κ3) is 7.20. The molecule has 1 unspecified atom stereocenters. The maximum Gasteiger partial charge on any atom is 0.328 e. The van der Waals surface area contributed by atoms with E-state index in [0.29, 0.717) is 56.7 Å². The first-order chi connectivity index (χ1) is 19.4. The average molecular weight is 547 g/mol. The van der Waals surface area contributed by atoms with E-state index in [0.717, 1.165) is 33.0 Å². The van der Waals surface area contributed by atoms with E-state index in [1.807, 2.05) is 49.4 Å². The first kappa shape index (κ1) is 28.7. The number of fused-ring (bicyclic) bond motifs is 4. The zero-order chi connectivity index (χ0) is 28.5. The van der Waals surface area contributed by atoms with Crippen molar-refractivity contribution in [1.82, 2.24) is 15.6 Å². The van der Waals surface area contributed by atoms with E-state index in [-0.39, 0.29) is 11.8 Å². The summed E-state index contributed by atoms with van der Waals surface area (Å²) >= 11 is 0. The standard InChI is InChI=1S/C30H35N5O5/c1-4-31-20-12-13-23-26(17-20)40-27-18-25(21-9-5-6-10-22(21)29(27)35-23)32-16-14-28(37)33-15-8-7-11-24(30(38)39-3)34-19(2)36/h5-6,9-10,12-13,17-18,24,32H,4,7-8,11,14-16H2,1-3H3,(H,33,37)(H,34,36)/p+1. The molecule has 0 bridgehead atoms. The number of benzene rings is 3. The van der Waals surface area contributed by atoms with Crippen molar-refractivity contribution in [2.45, 2.75) is 45.6 Å². The van der Waals surface area contributed by atoms with E-state index in [2.05, 4.69) is 27.0 Å². The first-order valence-corrected chi connectivity index (χ1v) is 13.6. The highest BCUT2D eigenvalue weighted by atomic mass is 16.5. The number of carbonyl (C=O) groups is 3. The molecule has 10 nitrogen and oxygen atoms in total. The zero-order valence-corrected chi connectivity index (χ0v) is 23.2. The highest BCUT2D eigenvalue weighted by Gasteiger charge is 2.19. The lowest BCUT2D eigenvalue weighted by atomic mass is 10.1. The van der Waals surface area contributed by atoms with Crippen LogP contribution in [0, 0.1) is 0 Å². The number of aromatic nitrogens is 1. The molecule has 0 spiro atoms. The van der Waals surface area contributed by atoms with Crippen LogP contribution in [0.15, 0.2) is 57.9 Å². The van der Waals surface area contributed by atoms with Crippen LogP contribution in [0.25, 0.3) is 33.3 Å². The van der Waals surface area contributed by atoms with Gasteiger partial charge in [0.15, 0.2) is 11.3 Å². The predicted octanol–water partition coefficient (Wildman–Crippen LogP) is 2.56. The van der Waals surface area contributed by atoms with Gasteiger partial charge in [0, 0.05) is 42.9 Å². The smallest absolute Gasteiger partial charge is 0.328 e. The Morgan fingerprint density at radius 2 is 1.90 bits per heavy atom. The molecule has 10 heteroatoms. The number of esters is 1. The first-order valence-electron chi connectivity index (χ1n) is 13.6. The minimum absolute atomic E-state index is 0.0442. The second-order valence-corrected chi connectivity index (χ2v) is 9.56. The molecule has 0 saturated heterocycles. The molecule has 0 fully saturated rings. The Morgan fingerprint density at radius 3 is 2.65 bits per heavy atom. The van der Waals surface area contributed by atoms with Gasteiger partial charge in [0.2, 0.25) is 11.8 Å². The average Bonchev–Trinajstić information content (AvgIpc) is 2.95. The van der Waals surface area contributed by atoms with Gasteiger partial charge in [0.05, 0.1) is 25.4 Å². The van der Waals surface area contributed by atoms with E-state index in [1.165, 1.54) is 14.0 Å². The van der Waals surface area contributed by atoms with Crippen LogP contribution in [0.1, 0.15) is 39.5 Å². The maximum absolute atomic E-state index is 12.4. The Morgan fingerprint density at radius 1 is 1.10 bits per heavy atom. The summed E-state index contributed by atoms with van der Waals surface area (Å²) < 4.78 is 11.0. The predicted molar refractivity (Wildman–Crippen MR) is 152 cm³/mol. The molecule has 1 atom stereocenters. The van der Waals surface area contributed by atoms with Crippen molar-refractivity contribution >= 4 is 45.3 Å². The molecule has 2 aromatic rings. The van der Waals surface area contributed by atoms with Crippen LogP contribution in [0.4, 0.5) is 5.69 Å². The molecule has 4 N–H and O–H groups in total. The Bertz CT molecular complexity index is 1550. The number of nitrogens with zero attached hydrogens (tertiary/aromatic N) is 2. The quantitative estimate of drug-likeness (QED) is 0.0821. The third-order valence-electron chi connectivity index (χ3n) is 6.59. The van der Waals surface area contributed by atoms with Crippen LogP contribution >= 0.6 is 0 Å². The van der Waals surface area contributed by atoms with Gasteiger partial charge in [-0.15, -0.1) is 0 Å². The Balaban J connectivity index is 1.36. The van der Waals surface area contributed by atoms with Crippen LogP contribution in [-0.2, 0) is 19.1 Å². The molecule has 2 aliphatic rings. The summed E-state index contributed by atoms with van der Waals surface area (Å²) in [5.74, 6) is -0.117. The summed E-state index contributed by atoms with van der Waals surface area (Å²) in [5, 5.41) is 10.5. The van der Waals surface area contributed by atoms with Gasteiger partial charge in [0.25, 0.3) is 0 Å². The minimum Gasteiger partial charge on any atom is -0.467 e. The van der Waals surface area contributed by atoms with E-state index < -0.39 is 12.0 Å². The van der Waals surface area contributed by atoms with Crippen LogP contribution < -0.4 is 21.3 Å². The van der Waals surface area contributed by atoms with E-state index in [9.17, 15) is 14.4 Å². The van der Waals surface area contributed by atoms with Crippen LogP contribution in [0.2, 0.25) is 0 Å². The van der Waals surface area contributed by atoms with Gasteiger partial charge in [-0.2, -0.15) is 0 Å². The summed E-state index contributed by atoms with van der Waals surface area (Å²) in [6.45, 7) is 5.11. The van der Waals surface area contributed by atoms with Gasteiger partial charge in [-0.1, -0.05) is 18.2 Å². The maximum atomic E-state index is 12.4. The van der Waals surface area contributed by atoms with Crippen molar-refractivity contribution in [3.05, 3.63) is 53.9 Å². The van der Waals surface area contributed by atoms with Crippen molar-refractivity contribution < 1.29 is 28.9 Å². The molecule has 0 aromatic heterocycles. The van der Waals surface area contributed by atoms with Gasteiger partial charge in [0.1, 0.15) is 22.9 Å². The van der Waals surface area contributed by atoms with Gasteiger partial charge in [-0.25, -0.2) is 9.78 Å². The Kier molecular flexibility index (Phi) is 9.80. The number of carbonyl (C=O) groups excluding carboxylic acids is 3. The molecule has 0 radical (unpaired) electrons. The number of quaternary nitrogens is 1. The minimum atomic E-state index is -0.669. The highest BCUT2D eigenvalue weighted by Crippen LogP contribution is 2.32. The molecule has 1 aliphatic heterocycles. The zero-order valence-electron chi connectivity index (χ0n) is 23.2. The second-order valence-electron chi connectivity index (χ2n) is 9.56. The number of rotatable bonds is 12. The number of amides is 2. The molecule has 1 heterocycles. The second kappa shape index (κ2) is 13.7. The number of methoxy groups -OCH3 is 1. The molecule has 40 heavy (non-hydrogen) atoms. The third-order valence-corrected chi connectivity index (χ3v) is 6.59. The number of hydrogen-bond acceptors (Lipinski definition) is 7. The van der Waals surface area contributed by atoms with Crippen molar-refractivity contribution in [1.29, 1.82) is 0 Å². The van der Waals surface area contributed by atoms with E-state index in [4.69, 9.17) is 14.1 Å². The molecule has 2 aromatic carbocycles. The molecule has 210 valence electrons. The van der Waals surface area contributed by atoms with E-state index in [1.54, 1.807) is 0 Å². The number of unbranched alkanes of at least 4 members (excludes halogenated alkanes) is 1. The number of nitrogens with two attached hydrogens (primary N) is 1. The molecular weight excluding hydrogens is 510 g/mol. The van der Waals surface area contributed by atoms with Gasteiger partial charge < -0.3 is 25.1 Å². The largest absolute Gasteiger partial charge is 0.467 e. The van der Waals surface area contributed by atoms with Crippen molar-refractivity contribution in [3.8, 4) is 11.5 Å². The van der Waals surface area contributed by atoms with Crippen LogP contribution in [0.5, 0.6) is 0 Å². The number of nitrogens with one attached hydrogen (secondary N) is 2. The Labute approximate surface area is 232 Å². The van der Waals surface area contributed by atoms with Crippen LogP contribution in [-0.4, -0.2) is 55.6 Å². The van der Waals surface area contributed by atoms with Gasteiger partial charge in [-0.05, 0) is 44.4 Å². The molecule has 2 amide bonds. The lowest BCUT2D eigenvalue weighted by Gasteiger charge is -2.15. The van der Waals surface area contributed by atoms with E-state index >= 15 is 0 Å². The van der Waals surface area contributed by atoms with Gasteiger partial charge >= 0.3 is 5.97 Å². The molecule has 0 saturated carbocycles. The summed E-state index contributed by atoms with van der Waals surface area (Å²) in [4.78, 5) is 44.8. The van der Waals surface area contributed by atoms with Crippen LogP contribution in [0.3, 0.4) is 0 Å². The lowest BCUT2D eigenvalue weighted by Crippen LogP contribution is -2.78. The fourth-order valence-corrected chi connectivity index (χ4v) is 4.71. The molecule has 1 aliphatic carbocycles. The van der Waals surface area contributed by atoms with Crippen molar-refractivity contribution in [3.63, 3.8) is 0 Å². The summed E-state index contributed by atoms with van der Waals surface area (Å²) in [5.41, 5.74) is 3.24. The fourth-order valence-electron chi connectivity index (χ4n) is 4.71. The topological polar surface area (TPSA) is 140 Å². The number of hydrogen-bond donors (Lipinski definition) is 3.